The van der Waals surface area contributed by atoms with E-state index in [1.165, 1.54) is 24.2 Å². The Morgan fingerprint density at radius 3 is 2.60 bits per heavy atom. The summed E-state index contributed by atoms with van der Waals surface area (Å²) in [4.78, 5) is 20.1. The predicted octanol–water partition coefficient (Wildman–Crippen LogP) is 6.96. The number of likely N-dealkylation sites (tertiary alicyclic amines) is 1. The van der Waals surface area contributed by atoms with Crippen LogP contribution in [-0.2, 0) is 11.4 Å². The fourth-order valence-electron chi connectivity index (χ4n) is 4.95. The van der Waals surface area contributed by atoms with E-state index in [1.54, 1.807) is 18.2 Å². The van der Waals surface area contributed by atoms with E-state index >= 15 is 0 Å². The van der Waals surface area contributed by atoms with Gasteiger partial charge in [0.05, 0.1) is 16.3 Å². The van der Waals surface area contributed by atoms with E-state index < -0.39 is 0 Å². The van der Waals surface area contributed by atoms with Crippen LogP contribution < -0.4 is 4.74 Å². The smallest absolute Gasteiger partial charge is 0.286 e. The van der Waals surface area contributed by atoms with E-state index in [4.69, 9.17) is 9.84 Å². The van der Waals surface area contributed by atoms with Crippen molar-refractivity contribution in [2.75, 3.05) is 13.1 Å². The molecule has 4 aromatic rings. The molecular formula is C32H29FN4O2S. The highest BCUT2D eigenvalue weighted by Crippen LogP contribution is 2.35. The lowest BCUT2D eigenvalue weighted by molar-refractivity contribution is -0.113. The molecule has 0 radical (unpaired) electrons. The number of hydrogen-bond donors (Lipinski definition) is 0. The summed E-state index contributed by atoms with van der Waals surface area (Å²) in [6.07, 6.45) is 6.15. The first-order valence-corrected chi connectivity index (χ1v) is 14.2. The van der Waals surface area contributed by atoms with Gasteiger partial charge in [0.2, 0.25) is 0 Å². The summed E-state index contributed by atoms with van der Waals surface area (Å²) in [5, 5.41) is 5.67. The van der Waals surface area contributed by atoms with E-state index in [0.717, 1.165) is 47.2 Å². The minimum absolute atomic E-state index is 0.142. The number of carbonyl (C=O) groups excluding carboxylic acids is 1. The molecule has 3 heterocycles. The zero-order valence-electron chi connectivity index (χ0n) is 22.2. The topological polar surface area (TPSA) is 59.7 Å². The highest BCUT2D eigenvalue weighted by molar-refractivity contribution is 8.18. The van der Waals surface area contributed by atoms with Gasteiger partial charge in [0.1, 0.15) is 18.2 Å². The first-order chi connectivity index (χ1) is 19.5. The number of benzene rings is 3. The number of piperidine rings is 1. The number of ether oxygens (including phenoxy) is 1. The van der Waals surface area contributed by atoms with Gasteiger partial charge in [-0.3, -0.25) is 4.79 Å². The number of para-hydroxylation sites is 1. The molecule has 40 heavy (non-hydrogen) atoms. The second-order valence-corrected chi connectivity index (χ2v) is 11.1. The molecule has 2 aliphatic heterocycles. The van der Waals surface area contributed by atoms with Crippen LogP contribution in [0.5, 0.6) is 5.75 Å². The summed E-state index contributed by atoms with van der Waals surface area (Å²) < 4.78 is 21.6. The van der Waals surface area contributed by atoms with E-state index in [-0.39, 0.29) is 18.3 Å². The lowest BCUT2D eigenvalue weighted by atomic mass is 10.0. The number of carbonyl (C=O) groups is 1. The Kier molecular flexibility index (Phi) is 7.51. The average molecular weight is 553 g/mol. The van der Waals surface area contributed by atoms with Crippen LogP contribution in [0.25, 0.3) is 23.0 Å². The molecule has 202 valence electrons. The van der Waals surface area contributed by atoms with Gasteiger partial charge >= 0.3 is 0 Å². The van der Waals surface area contributed by atoms with E-state index in [1.807, 2.05) is 71.6 Å². The number of aromatic nitrogens is 2. The van der Waals surface area contributed by atoms with Crippen molar-refractivity contribution in [2.45, 2.75) is 26.4 Å². The predicted molar refractivity (Wildman–Crippen MR) is 158 cm³/mol. The third kappa shape index (κ3) is 5.72. The maximum Gasteiger partial charge on any atom is 0.286 e. The molecule has 0 spiro atoms. The van der Waals surface area contributed by atoms with Gasteiger partial charge in [0, 0.05) is 36.0 Å². The second kappa shape index (κ2) is 11.5. The monoisotopic (exact) mass is 552 g/mol. The third-order valence-electron chi connectivity index (χ3n) is 7.07. The fourth-order valence-corrected chi connectivity index (χ4v) is 5.89. The third-order valence-corrected chi connectivity index (χ3v) is 8.11. The standard InChI is InChI=1S/C32H29FN4O2S/c1-22-8-7-17-36(19-22)32-34-31(38)29(40-32)18-25-20-37(26-10-3-2-4-11-26)35-30(25)23-13-15-27(16-14-23)39-21-24-9-5-6-12-28(24)33/h2-6,9-16,18,20,22H,7-8,17,19,21H2,1H3/b29-18-. The Bertz CT molecular complexity index is 1580. The highest BCUT2D eigenvalue weighted by Gasteiger charge is 2.29. The van der Waals surface area contributed by atoms with Crippen molar-refractivity contribution in [3.63, 3.8) is 0 Å². The summed E-state index contributed by atoms with van der Waals surface area (Å²) in [5.41, 5.74) is 3.86. The quantitative estimate of drug-likeness (QED) is 0.242. The zero-order valence-corrected chi connectivity index (χ0v) is 23.0. The first-order valence-electron chi connectivity index (χ1n) is 13.4. The molecule has 2 aliphatic rings. The maximum atomic E-state index is 14.0. The van der Waals surface area contributed by atoms with Crippen molar-refractivity contribution in [3.8, 4) is 22.7 Å². The molecule has 0 aliphatic carbocycles. The Balaban J connectivity index is 1.27. The number of thioether (sulfide) groups is 1. The SMILES string of the molecule is CC1CCCN(C2=NC(=O)/C(=C/c3cn(-c4ccccc4)nc3-c3ccc(OCc4ccccc4F)cc3)S2)C1. The van der Waals surface area contributed by atoms with Crippen molar-refractivity contribution >= 4 is 28.9 Å². The summed E-state index contributed by atoms with van der Waals surface area (Å²) in [5.74, 6) is 0.720. The fraction of sp³-hybridized carbons (Fsp3) is 0.219. The summed E-state index contributed by atoms with van der Waals surface area (Å²) in [7, 11) is 0. The van der Waals surface area contributed by atoms with Gasteiger partial charge in [0.25, 0.3) is 5.91 Å². The molecule has 0 saturated carbocycles. The maximum absolute atomic E-state index is 14.0. The van der Waals surface area contributed by atoms with E-state index in [9.17, 15) is 9.18 Å². The van der Waals surface area contributed by atoms with Crippen LogP contribution in [-0.4, -0.2) is 38.8 Å². The Hall–Kier alpha value is -4.17. The molecule has 0 bridgehead atoms. The minimum Gasteiger partial charge on any atom is -0.489 e. The molecule has 6 rings (SSSR count). The van der Waals surface area contributed by atoms with Crippen molar-refractivity contribution in [1.29, 1.82) is 0 Å². The zero-order chi connectivity index (χ0) is 27.5. The van der Waals surface area contributed by atoms with Gasteiger partial charge in [-0.05, 0) is 79.1 Å². The molecule has 3 aromatic carbocycles. The van der Waals surface area contributed by atoms with Gasteiger partial charge in [-0.15, -0.1) is 0 Å². The molecule has 1 atom stereocenters. The summed E-state index contributed by atoms with van der Waals surface area (Å²) >= 11 is 1.44. The largest absolute Gasteiger partial charge is 0.489 e. The molecule has 1 fully saturated rings. The van der Waals surface area contributed by atoms with Crippen LogP contribution in [0.3, 0.4) is 0 Å². The molecule has 8 heteroatoms. The molecule has 1 saturated heterocycles. The van der Waals surface area contributed by atoms with Crippen molar-refractivity contribution in [1.82, 2.24) is 14.7 Å². The Morgan fingerprint density at radius 1 is 1.05 bits per heavy atom. The van der Waals surface area contributed by atoms with E-state index in [0.29, 0.717) is 22.1 Å². The molecule has 6 nitrogen and oxygen atoms in total. The van der Waals surface area contributed by atoms with Crippen LogP contribution in [0.1, 0.15) is 30.9 Å². The summed E-state index contributed by atoms with van der Waals surface area (Å²) in [6.45, 7) is 4.24. The van der Waals surface area contributed by atoms with Crippen LogP contribution in [0.15, 0.2) is 95.0 Å². The van der Waals surface area contributed by atoms with Crippen LogP contribution in [0, 0.1) is 11.7 Å². The highest BCUT2D eigenvalue weighted by atomic mass is 32.2. The summed E-state index contributed by atoms with van der Waals surface area (Å²) in [6, 6.07) is 24.0. The number of hydrogen-bond acceptors (Lipinski definition) is 5. The van der Waals surface area contributed by atoms with Crippen LogP contribution in [0.4, 0.5) is 4.39 Å². The van der Waals surface area contributed by atoms with Gasteiger partial charge in [-0.25, -0.2) is 9.07 Å². The molecule has 1 aromatic heterocycles. The molecule has 1 amide bonds. The Labute approximate surface area is 237 Å². The number of halogens is 1. The van der Waals surface area contributed by atoms with E-state index in [2.05, 4.69) is 16.8 Å². The number of nitrogens with zero attached hydrogens (tertiary/aromatic N) is 4. The number of rotatable bonds is 6. The first kappa shape index (κ1) is 26.1. The lowest BCUT2D eigenvalue weighted by Gasteiger charge is -2.31. The number of amides is 1. The average Bonchev–Trinajstić information content (AvgIpc) is 3.57. The van der Waals surface area contributed by atoms with Crippen molar-refractivity contribution in [2.24, 2.45) is 10.9 Å². The van der Waals surface area contributed by atoms with Crippen LogP contribution >= 0.6 is 11.8 Å². The van der Waals surface area contributed by atoms with Gasteiger partial charge in [0.15, 0.2) is 5.17 Å². The van der Waals surface area contributed by atoms with Gasteiger partial charge in [-0.1, -0.05) is 43.3 Å². The molecular weight excluding hydrogens is 523 g/mol. The number of aliphatic imine (C=N–C) groups is 1. The van der Waals surface area contributed by atoms with Crippen molar-refractivity contribution < 1.29 is 13.9 Å². The van der Waals surface area contributed by atoms with Gasteiger partial charge < -0.3 is 9.64 Å². The lowest BCUT2D eigenvalue weighted by Crippen LogP contribution is -2.37. The van der Waals surface area contributed by atoms with Crippen molar-refractivity contribution in [3.05, 3.63) is 107 Å². The minimum atomic E-state index is -0.287. The molecule has 0 N–H and O–H groups in total. The second-order valence-electron chi connectivity index (χ2n) is 10.1. The number of amidine groups is 1. The van der Waals surface area contributed by atoms with Crippen LogP contribution in [0.2, 0.25) is 0 Å². The normalized spacial score (nSPS) is 18.3. The van der Waals surface area contributed by atoms with Gasteiger partial charge in [-0.2, -0.15) is 10.1 Å². The Morgan fingerprint density at radius 2 is 1.82 bits per heavy atom. The molecule has 1 unspecified atom stereocenters.